The Kier molecular flexibility index (Phi) is 6.29. The molecule has 4 atom stereocenters. The average molecular weight is 426 g/mol. The summed E-state index contributed by atoms with van der Waals surface area (Å²) in [6, 6.07) is 0. The number of aliphatic hydroxyl groups excluding tert-OH is 1. The molecule has 1 fully saturated rings. The molecule has 0 spiro atoms. The lowest BCUT2D eigenvalue weighted by Crippen LogP contribution is -2.51. The first-order chi connectivity index (χ1) is 9.84. The fourth-order valence-electron chi connectivity index (χ4n) is 1.96. The van der Waals surface area contributed by atoms with E-state index in [0.717, 1.165) is 0 Å². The van der Waals surface area contributed by atoms with E-state index < -0.39 is 29.1 Å². The third-order valence-electron chi connectivity index (χ3n) is 3.52. The first-order valence-corrected chi connectivity index (χ1v) is 8.83. The average Bonchev–Trinajstić information content (AvgIpc) is 2.35. The van der Waals surface area contributed by atoms with Crippen LogP contribution in [-0.2, 0) is 19.1 Å². The Bertz CT molecular complexity index is 421. The Morgan fingerprint density at radius 2 is 1.41 bits per heavy atom. The van der Waals surface area contributed by atoms with Crippen molar-refractivity contribution in [2.45, 2.75) is 76.6 Å². The Morgan fingerprint density at radius 1 is 0.955 bits per heavy atom. The summed E-state index contributed by atoms with van der Waals surface area (Å²) < 4.78 is 10.9. The highest BCUT2D eigenvalue weighted by Crippen LogP contribution is 2.33. The Morgan fingerprint density at radius 3 is 1.86 bits per heavy atom. The molecule has 1 rings (SSSR count). The molecular formula is C16H27IO5. The molecule has 0 bridgehead atoms. The second-order valence-electron chi connectivity index (χ2n) is 7.90. The molecule has 0 aliphatic heterocycles. The van der Waals surface area contributed by atoms with E-state index in [1.807, 2.05) is 0 Å². The molecule has 128 valence electrons. The van der Waals surface area contributed by atoms with Gasteiger partial charge >= 0.3 is 11.9 Å². The van der Waals surface area contributed by atoms with E-state index >= 15 is 0 Å². The van der Waals surface area contributed by atoms with Crippen LogP contribution >= 0.6 is 22.6 Å². The summed E-state index contributed by atoms with van der Waals surface area (Å²) in [6.07, 6.45) is -0.683. The van der Waals surface area contributed by atoms with Crippen LogP contribution in [0.1, 0.15) is 54.4 Å². The first-order valence-electron chi connectivity index (χ1n) is 7.58. The van der Waals surface area contributed by atoms with E-state index in [4.69, 9.17) is 9.47 Å². The van der Waals surface area contributed by atoms with Crippen molar-refractivity contribution in [3.63, 3.8) is 0 Å². The van der Waals surface area contributed by atoms with Crippen LogP contribution in [0, 0.1) is 10.8 Å². The van der Waals surface area contributed by atoms with Gasteiger partial charge in [-0.15, -0.1) is 0 Å². The van der Waals surface area contributed by atoms with Gasteiger partial charge in [0.1, 0.15) is 6.10 Å². The summed E-state index contributed by atoms with van der Waals surface area (Å²) in [5.74, 6) is -0.681. The van der Waals surface area contributed by atoms with Crippen LogP contribution in [0.2, 0.25) is 0 Å². The number of rotatable bonds is 2. The molecule has 1 N–H and O–H groups in total. The van der Waals surface area contributed by atoms with Crippen LogP contribution in [0.4, 0.5) is 0 Å². The van der Waals surface area contributed by atoms with Gasteiger partial charge in [-0.05, 0) is 54.4 Å². The predicted molar refractivity (Wildman–Crippen MR) is 91.7 cm³/mol. The summed E-state index contributed by atoms with van der Waals surface area (Å²) in [6.45, 7) is 10.7. The van der Waals surface area contributed by atoms with Crippen molar-refractivity contribution >= 4 is 34.5 Å². The minimum absolute atomic E-state index is 0.296. The largest absolute Gasteiger partial charge is 0.458 e. The fourth-order valence-corrected chi connectivity index (χ4v) is 2.93. The topological polar surface area (TPSA) is 72.8 Å². The van der Waals surface area contributed by atoms with E-state index in [1.165, 1.54) is 0 Å². The molecule has 0 aromatic heterocycles. The second kappa shape index (κ2) is 7.03. The Balaban J connectivity index is 2.89. The van der Waals surface area contributed by atoms with Gasteiger partial charge in [0.25, 0.3) is 0 Å². The monoisotopic (exact) mass is 426 g/mol. The van der Waals surface area contributed by atoms with Gasteiger partial charge in [-0.1, -0.05) is 22.6 Å². The van der Waals surface area contributed by atoms with Crippen LogP contribution in [0.25, 0.3) is 0 Å². The maximum atomic E-state index is 12.2. The van der Waals surface area contributed by atoms with Crippen molar-refractivity contribution in [3.8, 4) is 0 Å². The van der Waals surface area contributed by atoms with Gasteiger partial charge in [-0.3, -0.25) is 9.59 Å². The summed E-state index contributed by atoms with van der Waals surface area (Å²) in [7, 11) is 0. The summed E-state index contributed by atoms with van der Waals surface area (Å²) in [5.41, 5.74) is -1.26. The van der Waals surface area contributed by atoms with Gasteiger partial charge < -0.3 is 14.6 Å². The maximum Gasteiger partial charge on any atom is 0.311 e. The quantitative estimate of drug-likeness (QED) is 0.418. The SMILES string of the molecule is CC(C)(C)C(=O)O[C@H]1[C@@H](I)[C@H](O)CC[C@H]1OC(=O)C(C)(C)C. The van der Waals surface area contributed by atoms with Crippen molar-refractivity contribution < 1.29 is 24.2 Å². The molecule has 1 aliphatic carbocycles. The zero-order chi connectivity index (χ0) is 17.3. The third-order valence-corrected chi connectivity index (χ3v) is 5.06. The van der Waals surface area contributed by atoms with E-state index in [1.54, 1.807) is 41.5 Å². The molecule has 0 amide bonds. The third kappa shape index (κ3) is 5.08. The number of hydrogen-bond acceptors (Lipinski definition) is 5. The smallest absolute Gasteiger partial charge is 0.311 e. The lowest BCUT2D eigenvalue weighted by molar-refractivity contribution is -0.183. The van der Waals surface area contributed by atoms with Crippen LogP contribution < -0.4 is 0 Å². The first kappa shape index (κ1) is 19.7. The van der Waals surface area contributed by atoms with Gasteiger partial charge in [0.15, 0.2) is 6.10 Å². The van der Waals surface area contributed by atoms with E-state index in [2.05, 4.69) is 22.6 Å². The minimum Gasteiger partial charge on any atom is -0.458 e. The highest BCUT2D eigenvalue weighted by atomic mass is 127. The molecule has 0 aromatic rings. The number of halogens is 1. The molecule has 1 saturated carbocycles. The number of carbonyl (C=O) groups excluding carboxylic acids is 2. The highest BCUT2D eigenvalue weighted by Gasteiger charge is 2.44. The molecule has 0 heterocycles. The molecule has 0 aromatic carbocycles. The van der Waals surface area contributed by atoms with Crippen molar-refractivity contribution in [1.29, 1.82) is 0 Å². The molecule has 0 unspecified atom stereocenters. The van der Waals surface area contributed by atoms with E-state index in [0.29, 0.717) is 12.8 Å². The van der Waals surface area contributed by atoms with E-state index in [-0.39, 0.29) is 15.9 Å². The van der Waals surface area contributed by atoms with E-state index in [9.17, 15) is 14.7 Å². The van der Waals surface area contributed by atoms with Gasteiger partial charge in [-0.2, -0.15) is 0 Å². The van der Waals surface area contributed by atoms with Gasteiger partial charge in [-0.25, -0.2) is 0 Å². The number of carbonyl (C=O) groups is 2. The number of esters is 2. The van der Waals surface area contributed by atoms with Gasteiger partial charge in [0.2, 0.25) is 0 Å². The molecule has 22 heavy (non-hydrogen) atoms. The molecule has 1 aliphatic rings. The zero-order valence-electron chi connectivity index (χ0n) is 14.2. The van der Waals surface area contributed by atoms with Gasteiger partial charge in [0.05, 0.1) is 20.9 Å². The van der Waals surface area contributed by atoms with Crippen molar-refractivity contribution in [3.05, 3.63) is 0 Å². The van der Waals surface area contributed by atoms with Gasteiger partial charge in [0, 0.05) is 0 Å². The highest BCUT2D eigenvalue weighted by molar-refractivity contribution is 14.1. The van der Waals surface area contributed by atoms with Crippen LogP contribution in [0.5, 0.6) is 0 Å². The molecular weight excluding hydrogens is 399 g/mol. The predicted octanol–water partition coefficient (Wildman–Crippen LogP) is 2.86. The summed E-state index contributed by atoms with van der Waals surface area (Å²) in [5, 5.41) is 10.0. The fraction of sp³-hybridized carbons (Fsp3) is 0.875. The molecule has 0 radical (unpaired) electrons. The van der Waals surface area contributed by atoms with Crippen molar-refractivity contribution in [2.75, 3.05) is 0 Å². The zero-order valence-corrected chi connectivity index (χ0v) is 16.3. The maximum absolute atomic E-state index is 12.2. The number of alkyl halides is 1. The number of hydrogen-bond donors (Lipinski definition) is 1. The molecule has 5 nitrogen and oxygen atoms in total. The van der Waals surface area contributed by atoms with Crippen LogP contribution in [-0.4, -0.2) is 39.3 Å². The number of aliphatic hydroxyl groups is 1. The Labute approximate surface area is 146 Å². The Hall–Kier alpha value is -0.370. The summed E-state index contributed by atoms with van der Waals surface area (Å²) in [4.78, 5) is 24.3. The minimum atomic E-state index is -0.642. The molecule has 6 heteroatoms. The van der Waals surface area contributed by atoms with Crippen molar-refractivity contribution in [1.82, 2.24) is 0 Å². The lowest BCUT2D eigenvalue weighted by Gasteiger charge is -2.39. The van der Waals surface area contributed by atoms with Crippen LogP contribution in [0.3, 0.4) is 0 Å². The standard InChI is InChI=1S/C16H27IO5/c1-15(2,3)13(19)21-10-8-7-9(18)11(17)12(10)22-14(20)16(4,5)6/h9-12,18H,7-8H2,1-6H3/t9-,10-,11+,12-/m1/s1. The summed E-state index contributed by atoms with van der Waals surface area (Å²) >= 11 is 2.07. The normalized spacial score (nSPS) is 29.8. The number of ether oxygens (including phenoxy) is 2. The molecule has 0 saturated heterocycles. The van der Waals surface area contributed by atoms with Crippen LogP contribution in [0.15, 0.2) is 0 Å². The lowest BCUT2D eigenvalue weighted by atomic mass is 9.90. The second-order valence-corrected chi connectivity index (χ2v) is 9.34. The van der Waals surface area contributed by atoms with Crippen molar-refractivity contribution in [2.24, 2.45) is 10.8 Å².